The molecule has 0 unspecified atom stereocenters. The Labute approximate surface area is 108 Å². The van der Waals surface area contributed by atoms with Crippen molar-refractivity contribution >= 4 is 22.4 Å². The SMILES string of the molecule is Cc1n[nH]c(C)c1S(=O)(=O)NCCCCN.Cl. The van der Waals surface area contributed by atoms with Crippen LogP contribution in [0.5, 0.6) is 0 Å². The molecule has 0 atom stereocenters. The van der Waals surface area contributed by atoms with Gasteiger partial charge in [0.1, 0.15) is 4.90 Å². The summed E-state index contributed by atoms with van der Waals surface area (Å²) < 4.78 is 26.3. The van der Waals surface area contributed by atoms with Gasteiger partial charge in [0.2, 0.25) is 10.0 Å². The number of halogens is 1. The molecule has 4 N–H and O–H groups in total. The van der Waals surface area contributed by atoms with Crippen molar-refractivity contribution in [1.29, 1.82) is 0 Å². The second-order valence-electron chi connectivity index (χ2n) is 3.66. The number of hydrogen-bond acceptors (Lipinski definition) is 4. The predicted octanol–water partition coefficient (Wildman–Crippen LogP) is 0.466. The molecule has 0 saturated heterocycles. The molecule has 0 spiro atoms. The third-order valence-corrected chi connectivity index (χ3v) is 3.98. The Morgan fingerprint density at radius 2 is 2.00 bits per heavy atom. The summed E-state index contributed by atoms with van der Waals surface area (Å²) in [6.07, 6.45) is 1.55. The van der Waals surface area contributed by atoms with Crippen LogP contribution < -0.4 is 10.5 Å². The van der Waals surface area contributed by atoms with Crippen LogP contribution in [0.2, 0.25) is 0 Å². The van der Waals surface area contributed by atoms with E-state index in [0.29, 0.717) is 24.5 Å². The number of aryl methyl sites for hydroxylation is 2. The van der Waals surface area contributed by atoms with E-state index in [2.05, 4.69) is 14.9 Å². The highest BCUT2D eigenvalue weighted by Crippen LogP contribution is 2.15. The lowest BCUT2D eigenvalue weighted by atomic mass is 10.3. The van der Waals surface area contributed by atoms with Gasteiger partial charge in [0.15, 0.2) is 0 Å². The topological polar surface area (TPSA) is 101 Å². The zero-order chi connectivity index (χ0) is 12.2. The second kappa shape index (κ2) is 6.95. The maximum atomic E-state index is 11.9. The Hall–Kier alpha value is -0.630. The molecule has 17 heavy (non-hydrogen) atoms. The largest absolute Gasteiger partial charge is 0.330 e. The monoisotopic (exact) mass is 282 g/mol. The number of nitrogens with zero attached hydrogens (tertiary/aromatic N) is 1. The van der Waals surface area contributed by atoms with Gasteiger partial charge in [-0.05, 0) is 33.2 Å². The van der Waals surface area contributed by atoms with Crippen molar-refractivity contribution in [2.45, 2.75) is 31.6 Å². The highest BCUT2D eigenvalue weighted by Gasteiger charge is 2.21. The molecule has 0 aliphatic carbocycles. The molecule has 1 aromatic heterocycles. The van der Waals surface area contributed by atoms with E-state index >= 15 is 0 Å². The van der Waals surface area contributed by atoms with Gasteiger partial charge in [-0.15, -0.1) is 12.4 Å². The Morgan fingerprint density at radius 3 is 2.47 bits per heavy atom. The van der Waals surface area contributed by atoms with Gasteiger partial charge in [-0.3, -0.25) is 5.10 Å². The molecule has 1 heterocycles. The standard InChI is InChI=1S/C9H18N4O2S.ClH/c1-7-9(8(2)13-12-7)16(14,15)11-6-4-3-5-10;/h11H,3-6,10H2,1-2H3,(H,12,13);1H. The highest BCUT2D eigenvalue weighted by molar-refractivity contribution is 7.89. The molecule has 8 heteroatoms. The smallest absolute Gasteiger partial charge is 0.244 e. The minimum absolute atomic E-state index is 0. The maximum Gasteiger partial charge on any atom is 0.244 e. The van der Waals surface area contributed by atoms with Crippen molar-refractivity contribution in [1.82, 2.24) is 14.9 Å². The lowest BCUT2D eigenvalue weighted by molar-refractivity contribution is 0.576. The molecule has 0 saturated carbocycles. The third-order valence-electron chi connectivity index (χ3n) is 2.25. The Bertz CT molecular complexity index is 424. The second-order valence-corrected chi connectivity index (χ2v) is 5.36. The van der Waals surface area contributed by atoms with Gasteiger partial charge in [0.05, 0.1) is 11.4 Å². The molecule has 0 bridgehead atoms. The number of nitrogens with one attached hydrogen (secondary N) is 2. The van der Waals surface area contributed by atoms with Gasteiger partial charge >= 0.3 is 0 Å². The van der Waals surface area contributed by atoms with Crippen molar-refractivity contribution in [3.05, 3.63) is 11.4 Å². The molecule has 0 fully saturated rings. The predicted molar refractivity (Wildman–Crippen MR) is 68.8 cm³/mol. The van der Waals surface area contributed by atoms with Crippen LogP contribution in [0.25, 0.3) is 0 Å². The highest BCUT2D eigenvalue weighted by atomic mass is 35.5. The van der Waals surface area contributed by atoms with Crippen LogP contribution in [0.15, 0.2) is 4.90 Å². The van der Waals surface area contributed by atoms with Crippen molar-refractivity contribution in [3.8, 4) is 0 Å². The minimum Gasteiger partial charge on any atom is -0.330 e. The van der Waals surface area contributed by atoms with E-state index < -0.39 is 10.0 Å². The van der Waals surface area contributed by atoms with Crippen LogP contribution in [-0.2, 0) is 10.0 Å². The number of nitrogens with two attached hydrogens (primary N) is 1. The van der Waals surface area contributed by atoms with Crippen LogP contribution in [0.1, 0.15) is 24.2 Å². The fraction of sp³-hybridized carbons (Fsp3) is 0.667. The van der Waals surface area contributed by atoms with Gasteiger partial charge in [0.25, 0.3) is 0 Å². The third kappa shape index (κ3) is 4.27. The number of aromatic nitrogens is 2. The van der Waals surface area contributed by atoms with E-state index in [9.17, 15) is 8.42 Å². The molecule has 0 aliphatic heterocycles. The molecule has 6 nitrogen and oxygen atoms in total. The van der Waals surface area contributed by atoms with Crippen LogP contribution in [0, 0.1) is 13.8 Å². The van der Waals surface area contributed by atoms with Gasteiger partial charge in [-0.1, -0.05) is 0 Å². The molecule has 100 valence electrons. The summed E-state index contributed by atoms with van der Waals surface area (Å²) in [6.45, 7) is 4.33. The summed E-state index contributed by atoms with van der Waals surface area (Å²) in [5.74, 6) is 0. The molecule has 0 amide bonds. The normalized spacial score (nSPS) is 11.2. The molecule has 1 rings (SSSR count). The first kappa shape index (κ1) is 16.4. The maximum absolute atomic E-state index is 11.9. The van der Waals surface area contributed by atoms with Crippen molar-refractivity contribution in [2.24, 2.45) is 5.73 Å². The van der Waals surface area contributed by atoms with E-state index in [1.165, 1.54) is 0 Å². The zero-order valence-electron chi connectivity index (χ0n) is 9.99. The number of unbranched alkanes of at least 4 members (excludes halogenated alkanes) is 1. The fourth-order valence-electron chi connectivity index (χ4n) is 1.48. The van der Waals surface area contributed by atoms with E-state index in [1.807, 2.05) is 0 Å². The van der Waals surface area contributed by atoms with Crippen molar-refractivity contribution in [2.75, 3.05) is 13.1 Å². The van der Waals surface area contributed by atoms with Crippen LogP contribution in [0.3, 0.4) is 0 Å². The first-order chi connectivity index (χ1) is 7.49. The molecule has 0 aromatic carbocycles. The molecule has 0 radical (unpaired) electrons. The van der Waals surface area contributed by atoms with Gasteiger partial charge in [0, 0.05) is 6.54 Å². The zero-order valence-corrected chi connectivity index (χ0v) is 11.6. The Balaban J connectivity index is 0.00000256. The average Bonchev–Trinajstić information content (AvgIpc) is 2.54. The van der Waals surface area contributed by atoms with E-state index in [1.54, 1.807) is 13.8 Å². The lowest BCUT2D eigenvalue weighted by Gasteiger charge is -2.06. The molecular weight excluding hydrogens is 264 g/mol. The first-order valence-electron chi connectivity index (χ1n) is 5.20. The summed E-state index contributed by atoms with van der Waals surface area (Å²) in [5, 5.41) is 6.52. The Morgan fingerprint density at radius 1 is 1.35 bits per heavy atom. The van der Waals surface area contributed by atoms with Crippen molar-refractivity contribution < 1.29 is 8.42 Å². The van der Waals surface area contributed by atoms with Gasteiger partial charge in [-0.25, -0.2) is 13.1 Å². The number of sulfonamides is 1. The number of hydrogen-bond donors (Lipinski definition) is 3. The summed E-state index contributed by atoms with van der Waals surface area (Å²) in [4.78, 5) is 0.250. The van der Waals surface area contributed by atoms with Gasteiger partial charge in [-0.2, -0.15) is 5.10 Å². The molecular formula is C9H19ClN4O2S. The summed E-state index contributed by atoms with van der Waals surface area (Å²) in [5.41, 5.74) is 6.38. The quantitative estimate of drug-likeness (QED) is 0.660. The van der Waals surface area contributed by atoms with E-state index in [-0.39, 0.29) is 17.3 Å². The minimum atomic E-state index is -3.44. The van der Waals surface area contributed by atoms with E-state index in [4.69, 9.17) is 5.73 Å². The van der Waals surface area contributed by atoms with Gasteiger partial charge < -0.3 is 5.73 Å². The number of aromatic amines is 1. The number of rotatable bonds is 6. The lowest BCUT2D eigenvalue weighted by Crippen LogP contribution is -2.26. The summed E-state index contributed by atoms with van der Waals surface area (Å²) >= 11 is 0. The van der Waals surface area contributed by atoms with Crippen LogP contribution >= 0.6 is 12.4 Å². The van der Waals surface area contributed by atoms with E-state index in [0.717, 1.165) is 12.8 Å². The van der Waals surface area contributed by atoms with Crippen LogP contribution in [-0.4, -0.2) is 31.7 Å². The number of H-pyrrole nitrogens is 1. The average molecular weight is 283 g/mol. The first-order valence-corrected chi connectivity index (χ1v) is 6.68. The van der Waals surface area contributed by atoms with Crippen LogP contribution in [0.4, 0.5) is 0 Å². The van der Waals surface area contributed by atoms with Crippen molar-refractivity contribution in [3.63, 3.8) is 0 Å². The summed E-state index contributed by atoms with van der Waals surface area (Å²) in [6, 6.07) is 0. The molecule has 0 aliphatic rings. The fourth-order valence-corrected chi connectivity index (χ4v) is 2.93. The summed E-state index contributed by atoms with van der Waals surface area (Å²) in [7, 11) is -3.44. The molecule has 1 aromatic rings. The Kier molecular flexibility index (Phi) is 6.69.